The first-order valence-electron chi connectivity index (χ1n) is 8.52. The number of guanidine groups is 1. The Morgan fingerprint density at radius 2 is 1.76 bits per heavy atom. The van der Waals surface area contributed by atoms with Crippen LogP contribution in [0.3, 0.4) is 0 Å². The lowest BCUT2D eigenvalue weighted by molar-refractivity contribution is 0.110. The van der Waals surface area contributed by atoms with Crippen LogP contribution in [0, 0.1) is 13.8 Å². The van der Waals surface area contributed by atoms with Crippen LogP contribution in [0.4, 0.5) is 5.69 Å². The van der Waals surface area contributed by atoms with Crippen LogP contribution in [0.5, 0.6) is 5.75 Å². The molecular formula is C20H27N3O2. The summed E-state index contributed by atoms with van der Waals surface area (Å²) in [5.74, 6) is 1.20. The van der Waals surface area contributed by atoms with Crippen LogP contribution in [-0.4, -0.2) is 25.8 Å². The predicted octanol–water partition coefficient (Wildman–Crippen LogP) is 3.65. The lowest BCUT2D eigenvalue weighted by atomic mass is 10.1. The third-order valence-electron chi connectivity index (χ3n) is 3.66. The molecule has 134 valence electrons. The molecule has 0 spiro atoms. The molecule has 0 aromatic heterocycles. The molecule has 0 heterocycles. The first-order valence-corrected chi connectivity index (χ1v) is 8.52. The summed E-state index contributed by atoms with van der Waals surface area (Å²) in [6.07, 6.45) is 0. The normalized spacial score (nSPS) is 11.4. The largest absolute Gasteiger partial charge is 0.491 e. The molecule has 0 amide bonds. The van der Waals surface area contributed by atoms with E-state index >= 15 is 0 Å². The van der Waals surface area contributed by atoms with Gasteiger partial charge in [-0.2, -0.15) is 0 Å². The second-order valence-electron chi connectivity index (χ2n) is 5.85. The fraction of sp³-hybridized carbons (Fsp3) is 0.350. The molecule has 0 aliphatic rings. The number of hydrogen-bond acceptors (Lipinski definition) is 3. The average Bonchev–Trinajstić information content (AvgIpc) is 2.60. The van der Waals surface area contributed by atoms with Crippen LogP contribution in [0.1, 0.15) is 23.6 Å². The fourth-order valence-corrected chi connectivity index (χ4v) is 2.28. The van der Waals surface area contributed by atoms with E-state index < -0.39 is 0 Å². The molecule has 0 radical (unpaired) electrons. The van der Waals surface area contributed by atoms with Gasteiger partial charge in [-0.1, -0.05) is 29.8 Å². The fourth-order valence-electron chi connectivity index (χ4n) is 2.28. The van der Waals surface area contributed by atoms with Crippen molar-refractivity contribution in [3.8, 4) is 5.75 Å². The molecule has 0 aliphatic heterocycles. The summed E-state index contributed by atoms with van der Waals surface area (Å²) in [5, 5.41) is 3.10. The molecule has 0 unspecified atom stereocenters. The zero-order chi connectivity index (χ0) is 18.1. The molecule has 0 fully saturated rings. The number of benzene rings is 2. The van der Waals surface area contributed by atoms with Crippen molar-refractivity contribution in [2.24, 2.45) is 10.7 Å². The number of rotatable bonds is 8. The van der Waals surface area contributed by atoms with Crippen LogP contribution in [0.2, 0.25) is 0 Å². The lowest BCUT2D eigenvalue weighted by Crippen LogP contribution is -2.22. The van der Waals surface area contributed by atoms with E-state index in [1.54, 1.807) is 0 Å². The van der Waals surface area contributed by atoms with Gasteiger partial charge >= 0.3 is 0 Å². The Bertz CT molecular complexity index is 697. The molecule has 0 saturated carbocycles. The van der Waals surface area contributed by atoms with Gasteiger partial charge in [0.25, 0.3) is 0 Å². The third-order valence-corrected chi connectivity index (χ3v) is 3.66. The minimum Gasteiger partial charge on any atom is -0.491 e. The van der Waals surface area contributed by atoms with Crippen molar-refractivity contribution in [3.05, 3.63) is 59.2 Å². The number of nitrogens with one attached hydrogen (secondary N) is 1. The van der Waals surface area contributed by atoms with Crippen LogP contribution >= 0.6 is 0 Å². The molecule has 2 aromatic rings. The highest BCUT2D eigenvalue weighted by molar-refractivity contribution is 5.92. The number of hydrogen-bond donors (Lipinski definition) is 2. The summed E-state index contributed by atoms with van der Waals surface area (Å²) in [6.45, 7) is 8.29. The van der Waals surface area contributed by atoms with Gasteiger partial charge in [-0.05, 0) is 44.5 Å². The summed E-state index contributed by atoms with van der Waals surface area (Å²) < 4.78 is 11.1. The summed E-state index contributed by atoms with van der Waals surface area (Å²) in [6, 6.07) is 14.1. The minimum absolute atomic E-state index is 0.379. The molecule has 0 saturated heterocycles. The number of nitrogens with zero attached hydrogens (tertiary/aromatic N) is 1. The molecule has 5 nitrogen and oxygen atoms in total. The Kier molecular flexibility index (Phi) is 7.29. The average molecular weight is 341 g/mol. The maximum absolute atomic E-state index is 5.99. The van der Waals surface area contributed by atoms with Crippen LogP contribution in [0.25, 0.3) is 0 Å². The number of nitrogens with two attached hydrogens (primary N) is 1. The Labute approximate surface area is 149 Å². The van der Waals surface area contributed by atoms with Crippen LogP contribution in [0.15, 0.2) is 47.5 Å². The van der Waals surface area contributed by atoms with Crippen LogP contribution in [-0.2, 0) is 11.3 Å². The van der Waals surface area contributed by atoms with Crippen molar-refractivity contribution in [2.45, 2.75) is 27.3 Å². The van der Waals surface area contributed by atoms with Gasteiger partial charge in [0.1, 0.15) is 12.4 Å². The Morgan fingerprint density at radius 1 is 1.04 bits per heavy atom. The van der Waals surface area contributed by atoms with Gasteiger partial charge in [-0.25, -0.2) is 4.99 Å². The van der Waals surface area contributed by atoms with E-state index in [1.165, 1.54) is 5.56 Å². The van der Waals surface area contributed by atoms with Gasteiger partial charge in [-0.3, -0.25) is 0 Å². The molecule has 25 heavy (non-hydrogen) atoms. The van der Waals surface area contributed by atoms with Crippen molar-refractivity contribution < 1.29 is 9.47 Å². The van der Waals surface area contributed by atoms with Gasteiger partial charge in [-0.15, -0.1) is 0 Å². The van der Waals surface area contributed by atoms with Crippen molar-refractivity contribution in [1.29, 1.82) is 0 Å². The van der Waals surface area contributed by atoms with Crippen LogP contribution < -0.4 is 15.8 Å². The monoisotopic (exact) mass is 341 g/mol. The second-order valence-corrected chi connectivity index (χ2v) is 5.85. The minimum atomic E-state index is 0.379. The Hall–Kier alpha value is -2.53. The first-order chi connectivity index (χ1) is 12.1. The molecule has 0 aliphatic carbocycles. The third kappa shape index (κ3) is 6.47. The van der Waals surface area contributed by atoms with Crippen molar-refractivity contribution in [2.75, 3.05) is 25.1 Å². The quantitative estimate of drug-likeness (QED) is 0.437. The number of ether oxygens (including phenoxy) is 2. The molecule has 3 N–H and O–H groups in total. The topological polar surface area (TPSA) is 68.9 Å². The van der Waals surface area contributed by atoms with E-state index in [4.69, 9.17) is 15.2 Å². The highest BCUT2D eigenvalue weighted by atomic mass is 16.5. The van der Waals surface area contributed by atoms with Gasteiger partial charge < -0.3 is 20.5 Å². The Balaban J connectivity index is 1.99. The van der Waals surface area contributed by atoms with E-state index in [0.29, 0.717) is 32.3 Å². The Morgan fingerprint density at radius 3 is 2.48 bits per heavy atom. The lowest BCUT2D eigenvalue weighted by Gasteiger charge is -2.12. The zero-order valence-electron chi connectivity index (χ0n) is 15.2. The predicted molar refractivity (Wildman–Crippen MR) is 103 cm³/mol. The molecule has 0 bridgehead atoms. The molecule has 5 heteroatoms. The first kappa shape index (κ1) is 18.8. The van der Waals surface area contributed by atoms with E-state index in [2.05, 4.69) is 10.3 Å². The number of aryl methyl sites for hydroxylation is 2. The molecule has 2 aromatic carbocycles. The SMILES string of the molecule is CCOCCOc1cc(C)ccc1CN=C(N)Nc1ccc(C)cc1. The highest BCUT2D eigenvalue weighted by Crippen LogP contribution is 2.21. The van der Waals surface area contributed by atoms with E-state index in [1.807, 2.05) is 63.2 Å². The summed E-state index contributed by atoms with van der Waals surface area (Å²) in [4.78, 5) is 4.42. The maximum atomic E-state index is 5.99. The van der Waals surface area contributed by atoms with Gasteiger partial charge in [0, 0.05) is 17.9 Å². The summed E-state index contributed by atoms with van der Waals surface area (Å²) in [7, 11) is 0. The maximum Gasteiger partial charge on any atom is 0.193 e. The van der Waals surface area contributed by atoms with E-state index in [-0.39, 0.29) is 0 Å². The molecule has 2 rings (SSSR count). The van der Waals surface area contributed by atoms with Crippen molar-refractivity contribution >= 4 is 11.6 Å². The van der Waals surface area contributed by atoms with Gasteiger partial charge in [0.2, 0.25) is 0 Å². The smallest absolute Gasteiger partial charge is 0.193 e. The van der Waals surface area contributed by atoms with Crippen molar-refractivity contribution in [1.82, 2.24) is 0 Å². The van der Waals surface area contributed by atoms with E-state index in [0.717, 1.165) is 22.6 Å². The molecular weight excluding hydrogens is 314 g/mol. The second kappa shape index (κ2) is 9.69. The molecule has 0 atom stereocenters. The standard InChI is InChI=1S/C20H27N3O2/c1-4-24-11-12-25-19-13-16(3)5-8-17(19)14-22-20(21)23-18-9-6-15(2)7-10-18/h5-10,13H,4,11-12,14H2,1-3H3,(H3,21,22,23). The van der Waals surface area contributed by atoms with Gasteiger partial charge in [0.15, 0.2) is 5.96 Å². The van der Waals surface area contributed by atoms with Crippen molar-refractivity contribution in [3.63, 3.8) is 0 Å². The van der Waals surface area contributed by atoms with E-state index in [9.17, 15) is 0 Å². The van der Waals surface area contributed by atoms with Gasteiger partial charge in [0.05, 0.1) is 13.2 Å². The number of aliphatic imine (C=N–C) groups is 1. The zero-order valence-corrected chi connectivity index (χ0v) is 15.2. The summed E-state index contributed by atoms with van der Waals surface area (Å²) >= 11 is 0. The summed E-state index contributed by atoms with van der Waals surface area (Å²) in [5.41, 5.74) is 10.3. The highest BCUT2D eigenvalue weighted by Gasteiger charge is 2.05. The number of anilines is 1.